The molecule has 0 N–H and O–H groups in total. The summed E-state index contributed by atoms with van der Waals surface area (Å²) in [6.45, 7) is 0.282. The molecule has 0 saturated heterocycles. The summed E-state index contributed by atoms with van der Waals surface area (Å²) in [5.74, 6) is 0. The molecule has 2 heteroatoms. The quantitative estimate of drug-likeness (QED) is 0.441. The van der Waals surface area contributed by atoms with E-state index in [0.717, 1.165) is 5.56 Å². The molecule has 0 spiro atoms. The van der Waals surface area contributed by atoms with Crippen LogP contribution in [-0.2, 0) is 9.47 Å². The van der Waals surface area contributed by atoms with Gasteiger partial charge in [-0.15, -0.1) is 0 Å². The zero-order chi connectivity index (χ0) is 11.2. The fraction of sp³-hybridized carbons (Fsp3) is 0.143. The van der Waals surface area contributed by atoms with Crippen LogP contribution < -0.4 is 0 Å². The van der Waals surface area contributed by atoms with Gasteiger partial charge in [0.25, 0.3) is 0 Å². The summed E-state index contributed by atoms with van der Waals surface area (Å²) in [5.41, 5.74) is 1.12. The van der Waals surface area contributed by atoms with Gasteiger partial charge in [0.1, 0.15) is 0 Å². The van der Waals surface area contributed by atoms with Crippen molar-refractivity contribution in [2.24, 2.45) is 0 Å². The van der Waals surface area contributed by atoms with Crippen molar-refractivity contribution in [2.75, 3.05) is 13.9 Å². The third kappa shape index (κ3) is 2.61. The molecular formula is C14H14O2. The maximum Gasteiger partial charge on any atom is 0.187 e. The predicted octanol–water partition coefficient (Wildman–Crippen LogP) is 3.43. The zero-order valence-electron chi connectivity index (χ0n) is 9.22. The summed E-state index contributed by atoms with van der Waals surface area (Å²) in [6, 6.07) is 14.6. The number of ether oxygens (including phenoxy) is 2. The minimum absolute atomic E-state index is 0.282. The summed E-state index contributed by atoms with van der Waals surface area (Å²) in [5, 5.41) is 2.48. The van der Waals surface area contributed by atoms with Gasteiger partial charge in [0.05, 0.1) is 6.26 Å². The Morgan fingerprint density at radius 2 is 1.88 bits per heavy atom. The number of benzene rings is 2. The molecule has 0 bridgehead atoms. The summed E-state index contributed by atoms with van der Waals surface area (Å²) in [7, 11) is 1.60. The lowest BCUT2D eigenvalue weighted by molar-refractivity contribution is 0.0208. The normalized spacial score (nSPS) is 11.1. The van der Waals surface area contributed by atoms with E-state index in [0.29, 0.717) is 0 Å². The Balaban J connectivity index is 2.16. The molecule has 0 aliphatic heterocycles. The Morgan fingerprint density at radius 3 is 2.69 bits per heavy atom. The Bertz CT molecular complexity index is 489. The first kappa shape index (κ1) is 10.7. The molecule has 0 amide bonds. The monoisotopic (exact) mass is 214 g/mol. The van der Waals surface area contributed by atoms with Gasteiger partial charge >= 0.3 is 0 Å². The van der Waals surface area contributed by atoms with Crippen LogP contribution in [0.3, 0.4) is 0 Å². The second-order valence-corrected chi connectivity index (χ2v) is 3.48. The van der Waals surface area contributed by atoms with E-state index in [-0.39, 0.29) is 6.79 Å². The van der Waals surface area contributed by atoms with Crippen LogP contribution in [0.15, 0.2) is 48.7 Å². The maximum absolute atomic E-state index is 5.10. The highest BCUT2D eigenvalue weighted by atomic mass is 16.7. The van der Waals surface area contributed by atoms with Crippen LogP contribution in [0, 0.1) is 0 Å². The molecule has 0 fully saturated rings. The molecule has 2 aromatic carbocycles. The van der Waals surface area contributed by atoms with E-state index in [1.54, 1.807) is 13.4 Å². The van der Waals surface area contributed by atoms with E-state index < -0.39 is 0 Å². The first-order valence-electron chi connectivity index (χ1n) is 5.16. The van der Waals surface area contributed by atoms with Crippen molar-refractivity contribution in [1.29, 1.82) is 0 Å². The van der Waals surface area contributed by atoms with Crippen LogP contribution in [0.4, 0.5) is 0 Å². The lowest BCUT2D eigenvalue weighted by Gasteiger charge is -2.00. The van der Waals surface area contributed by atoms with Gasteiger partial charge in [-0.25, -0.2) is 0 Å². The Kier molecular flexibility index (Phi) is 3.57. The number of hydrogen-bond acceptors (Lipinski definition) is 2. The Morgan fingerprint density at radius 1 is 1.06 bits per heavy atom. The van der Waals surface area contributed by atoms with Crippen molar-refractivity contribution in [3.63, 3.8) is 0 Å². The van der Waals surface area contributed by atoms with E-state index in [1.165, 1.54) is 10.8 Å². The molecule has 2 aromatic rings. The lowest BCUT2D eigenvalue weighted by Crippen LogP contribution is -1.87. The topological polar surface area (TPSA) is 18.5 Å². The summed E-state index contributed by atoms with van der Waals surface area (Å²) in [4.78, 5) is 0. The number of rotatable bonds is 4. The fourth-order valence-electron chi connectivity index (χ4n) is 1.55. The molecule has 0 radical (unpaired) electrons. The number of fused-ring (bicyclic) bond motifs is 1. The third-order valence-electron chi connectivity index (χ3n) is 2.32. The SMILES string of the molecule is COCOC=Cc1ccc2ccccc2c1. The van der Waals surface area contributed by atoms with Gasteiger partial charge in [-0.1, -0.05) is 36.4 Å². The molecule has 0 aromatic heterocycles. The summed E-state index contributed by atoms with van der Waals surface area (Å²) < 4.78 is 9.87. The van der Waals surface area contributed by atoms with E-state index in [2.05, 4.69) is 30.3 Å². The molecular weight excluding hydrogens is 200 g/mol. The highest BCUT2D eigenvalue weighted by Gasteiger charge is 1.92. The minimum Gasteiger partial charge on any atom is -0.475 e. The molecule has 0 aliphatic rings. The second-order valence-electron chi connectivity index (χ2n) is 3.48. The number of methoxy groups -OCH3 is 1. The van der Waals surface area contributed by atoms with Crippen molar-refractivity contribution in [1.82, 2.24) is 0 Å². The van der Waals surface area contributed by atoms with Crippen molar-refractivity contribution in [2.45, 2.75) is 0 Å². The molecule has 16 heavy (non-hydrogen) atoms. The number of hydrogen-bond donors (Lipinski definition) is 0. The average molecular weight is 214 g/mol. The van der Waals surface area contributed by atoms with Gasteiger partial charge in [0, 0.05) is 7.11 Å². The van der Waals surface area contributed by atoms with Crippen LogP contribution in [0.5, 0.6) is 0 Å². The van der Waals surface area contributed by atoms with E-state index in [4.69, 9.17) is 9.47 Å². The largest absolute Gasteiger partial charge is 0.475 e. The van der Waals surface area contributed by atoms with Crippen molar-refractivity contribution in [3.8, 4) is 0 Å². The van der Waals surface area contributed by atoms with Crippen LogP contribution in [0.2, 0.25) is 0 Å². The Labute approximate surface area is 95.1 Å². The fourth-order valence-corrected chi connectivity index (χ4v) is 1.55. The molecule has 0 saturated carbocycles. The molecule has 0 aliphatic carbocycles. The van der Waals surface area contributed by atoms with Gasteiger partial charge in [0.15, 0.2) is 6.79 Å². The van der Waals surface area contributed by atoms with Crippen LogP contribution in [0.1, 0.15) is 5.56 Å². The van der Waals surface area contributed by atoms with Gasteiger partial charge in [-0.3, -0.25) is 0 Å². The standard InChI is InChI=1S/C14H14O2/c1-15-11-16-9-8-12-6-7-13-4-2-3-5-14(13)10-12/h2-10H,11H2,1H3. The predicted molar refractivity (Wildman–Crippen MR) is 65.9 cm³/mol. The molecule has 0 atom stereocenters. The Hall–Kier alpha value is -1.80. The summed E-state index contributed by atoms with van der Waals surface area (Å²) in [6.07, 6.45) is 3.57. The molecule has 0 unspecified atom stereocenters. The van der Waals surface area contributed by atoms with Crippen molar-refractivity contribution >= 4 is 16.8 Å². The van der Waals surface area contributed by atoms with Crippen LogP contribution in [0.25, 0.3) is 16.8 Å². The lowest BCUT2D eigenvalue weighted by atomic mass is 10.1. The maximum atomic E-state index is 5.10. The smallest absolute Gasteiger partial charge is 0.187 e. The van der Waals surface area contributed by atoms with Gasteiger partial charge < -0.3 is 9.47 Å². The molecule has 2 rings (SSSR count). The first-order valence-corrected chi connectivity index (χ1v) is 5.16. The van der Waals surface area contributed by atoms with E-state index in [1.807, 2.05) is 18.2 Å². The third-order valence-corrected chi connectivity index (χ3v) is 2.32. The second kappa shape index (κ2) is 5.33. The highest BCUT2D eigenvalue weighted by Crippen LogP contribution is 2.16. The van der Waals surface area contributed by atoms with Gasteiger partial charge in [-0.05, 0) is 28.5 Å². The van der Waals surface area contributed by atoms with Gasteiger partial charge in [0.2, 0.25) is 0 Å². The van der Waals surface area contributed by atoms with Crippen molar-refractivity contribution < 1.29 is 9.47 Å². The van der Waals surface area contributed by atoms with Crippen molar-refractivity contribution in [3.05, 3.63) is 54.3 Å². The summed E-state index contributed by atoms with van der Waals surface area (Å²) >= 11 is 0. The molecule has 82 valence electrons. The average Bonchev–Trinajstić information content (AvgIpc) is 2.34. The minimum atomic E-state index is 0.282. The van der Waals surface area contributed by atoms with Crippen LogP contribution in [-0.4, -0.2) is 13.9 Å². The van der Waals surface area contributed by atoms with E-state index >= 15 is 0 Å². The first-order chi connectivity index (χ1) is 7.90. The molecule has 0 heterocycles. The van der Waals surface area contributed by atoms with Crippen LogP contribution >= 0.6 is 0 Å². The zero-order valence-corrected chi connectivity index (χ0v) is 9.22. The molecule has 2 nitrogen and oxygen atoms in total. The van der Waals surface area contributed by atoms with E-state index in [9.17, 15) is 0 Å². The van der Waals surface area contributed by atoms with Gasteiger partial charge in [-0.2, -0.15) is 0 Å². The highest BCUT2D eigenvalue weighted by molar-refractivity contribution is 5.84.